The number of hydrogen-bond donors (Lipinski definition) is 1. The van der Waals surface area contributed by atoms with E-state index in [0.717, 1.165) is 0 Å². The average molecular weight is 165 g/mol. The number of nitrogens with one attached hydrogen (secondary N) is 1. The van der Waals surface area contributed by atoms with Crippen molar-refractivity contribution >= 4 is 11.5 Å². The summed E-state index contributed by atoms with van der Waals surface area (Å²) in [5.41, 5.74) is 3.49. The van der Waals surface area contributed by atoms with E-state index in [-0.39, 0.29) is 11.7 Å². The summed E-state index contributed by atoms with van der Waals surface area (Å²) in [5, 5.41) is 7.37. The normalized spacial score (nSPS) is 11.6. The van der Waals surface area contributed by atoms with Crippen LogP contribution in [0.2, 0.25) is 0 Å². The van der Waals surface area contributed by atoms with E-state index < -0.39 is 0 Å². The molecule has 0 aliphatic heterocycles. The molecule has 0 aromatic carbocycles. The summed E-state index contributed by atoms with van der Waals surface area (Å²) < 4.78 is 0. The summed E-state index contributed by atoms with van der Waals surface area (Å²) >= 11 is 0. The van der Waals surface area contributed by atoms with E-state index in [4.69, 9.17) is 5.41 Å². The Balaban J connectivity index is 4.65. The van der Waals surface area contributed by atoms with Gasteiger partial charge in [-0.15, -0.1) is 5.73 Å². The molecule has 0 aromatic rings. The highest BCUT2D eigenvalue weighted by Gasteiger charge is 2.19. The van der Waals surface area contributed by atoms with Gasteiger partial charge in [-0.25, -0.2) is 0 Å². The largest absolute Gasteiger partial charge is 0.309 e. The van der Waals surface area contributed by atoms with Gasteiger partial charge in [0.15, 0.2) is 5.78 Å². The Hall–Kier alpha value is -1.14. The van der Waals surface area contributed by atoms with Crippen LogP contribution in [-0.2, 0) is 4.79 Å². The van der Waals surface area contributed by atoms with Gasteiger partial charge in [-0.1, -0.05) is 13.5 Å². The zero-order valence-corrected chi connectivity index (χ0v) is 7.90. The minimum atomic E-state index is -0.278. The molecule has 2 heteroatoms. The molecule has 0 amide bonds. The standard InChI is InChI=1S/C10H15NO/c1-5-7(3)10(12)9(6-2)8(4)11/h9,11H,1,6H2,2-4H3. The Labute approximate surface area is 73.5 Å². The highest BCUT2D eigenvalue weighted by Crippen LogP contribution is 2.10. The van der Waals surface area contributed by atoms with Crippen LogP contribution >= 0.6 is 0 Å². The van der Waals surface area contributed by atoms with Crippen molar-refractivity contribution in [3.63, 3.8) is 0 Å². The Morgan fingerprint density at radius 2 is 2.08 bits per heavy atom. The Morgan fingerprint density at radius 3 is 2.33 bits per heavy atom. The third kappa shape index (κ3) is 2.48. The summed E-state index contributed by atoms with van der Waals surface area (Å²) in [6.45, 7) is 8.64. The summed E-state index contributed by atoms with van der Waals surface area (Å²) in [6, 6.07) is 0. The molecule has 0 aromatic heterocycles. The summed E-state index contributed by atoms with van der Waals surface area (Å²) in [4.78, 5) is 11.5. The van der Waals surface area contributed by atoms with Crippen molar-refractivity contribution in [2.24, 2.45) is 5.92 Å². The van der Waals surface area contributed by atoms with Crippen LogP contribution in [0.5, 0.6) is 0 Å². The first kappa shape index (κ1) is 10.9. The monoisotopic (exact) mass is 165 g/mol. The van der Waals surface area contributed by atoms with Gasteiger partial charge in [-0.2, -0.15) is 0 Å². The molecular weight excluding hydrogens is 150 g/mol. The van der Waals surface area contributed by atoms with Crippen molar-refractivity contribution in [3.05, 3.63) is 17.9 Å². The molecule has 0 fully saturated rings. The second-order valence-corrected chi connectivity index (χ2v) is 2.81. The Morgan fingerprint density at radius 1 is 1.58 bits per heavy atom. The molecule has 0 aliphatic rings. The number of hydrogen-bond acceptors (Lipinski definition) is 2. The van der Waals surface area contributed by atoms with Gasteiger partial charge in [-0.3, -0.25) is 4.79 Å². The van der Waals surface area contributed by atoms with Crippen molar-refractivity contribution < 1.29 is 4.79 Å². The minimum absolute atomic E-state index is 0.0278. The minimum Gasteiger partial charge on any atom is -0.309 e. The van der Waals surface area contributed by atoms with E-state index in [1.807, 2.05) is 6.92 Å². The second kappa shape index (κ2) is 4.68. The van der Waals surface area contributed by atoms with Gasteiger partial charge in [0.2, 0.25) is 0 Å². The molecule has 2 nitrogen and oxygen atoms in total. The first-order valence-corrected chi connectivity index (χ1v) is 4.00. The van der Waals surface area contributed by atoms with E-state index in [2.05, 4.69) is 12.3 Å². The van der Waals surface area contributed by atoms with Crippen molar-refractivity contribution in [2.75, 3.05) is 0 Å². The molecular formula is C10H15NO. The van der Waals surface area contributed by atoms with Crippen molar-refractivity contribution in [1.82, 2.24) is 0 Å². The molecule has 0 heterocycles. The molecule has 0 bridgehead atoms. The fourth-order valence-electron chi connectivity index (χ4n) is 1.04. The topological polar surface area (TPSA) is 40.9 Å². The molecule has 0 aliphatic carbocycles. The van der Waals surface area contributed by atoms with Crippen molar-refractivity contribution in [1.29, 1.82) is 5.41 Å². The van der Waals surface area contributed by atoms with Gasteiger partial charge in [0, 0.05) is 11.3 Å². The lowest BCUT2D eigenvalue weighted by atomic mass is 9.92. The Kier molecular flexibility index (Phi) is 4.24. The van der Waals surface area contributed by atoms with Crippen LogP contribution in [-0.4, -0.2) is 11.5 Å². The van der Waals surface area contributed by atoms with Crippen LogP contribution in [0, 0.1) is 11.3 Å². The van der Waals surface area contributed by atoms with Crippen molar-refractivity contribution in [2.45, 2.75) is 27.2 Å². The fourth-order valence-corrected chi connectivity index (χ4v) is 1.04. The maximum Gasteiger partial charge on any atom is 0.174 e. The lowest BCUT2D eigenvalue weighted by Crippen LogP contribution is -2.21. The second-order valence-electron chi connectivity index (χ2n) is 2.81. The summed E-state index contributed by atoms with van der Waals surface area (Å²) in [6.07, 6.45) is 0.674. The first-order valence-electron chi connectivity index (χ1n) is 4.00. The molecule has 1 atom stereocenters. The number of carbonyl (C=O) groups is 1. The maximum absolute atomic E-state index is 11.5. The number of carbonyl (C=O) groups excluding carboxylic acids is 1. The van der Waals surface area contributed by atoms with Crippen LogP contribution in [0.15, 0.2) is 17.9 Å². The van der Waals surface area contributed by atoms with E-state index in [0.29, 0.717) is 17.7 Å². The number of rotatable bonds is 4. The number of Topliss-reactive ketones (excluding diaryl/α,β-unsaturated/α-hetero) is 1. The highest BCUT2D eigenvalue weighted by molar-refractivity contribution is 6.10. The molecule has 0 rings (SSSR count). The molecule has 66 valence electrons. The highest BCUT2D eigenvalue weighted by atomic mass is 16.1. The third-order valence-electron chi connectivity index (χ3n) is 1.88. The van der Waals surface area contributed by atoms with Crippen LogP contribution in [0.3, 0.4) is 0 Å². The number of allylic oxidation sites excluding steroid dienone is 1. The lowest BCUT2D eigenvalue weighted by molar-refractivity contribution is -0.117. The predicted molar refractivity (Wildman–Crippen MR) is 50.5 cm³/mol. The fraction of sp³-hybridized carbons (Fsp3) is 0.500. The smallest absolute Gasteiger partial charge is 0.174 e. The molecule has 0 saturated carbocycles. The van der Waals surface area contributed by atoms with Crippen molar-refractivity contribution in [3.8, 4) is 0 Å². The van der Waals surface area contributed by atoms with Crippen LogP contribution in [0.4, 0.5) is 0 Å². The zero-order valence-electron chi connectivity index (χ0n) is 7.90. The van der Waals surface area contributed by atoms with Gasteiger partial charge in [0.25, 0.3) is 0 Å². The van der Waals surface area contributed by atoms with Gasteiger partial charge >= 0.3 is 0 Å². The molecule has 1 N–H and O–H groups in total. The molecule has 0 spiro atoms. The number of ketones is 1. The molecule has 12 heavy (non-hydrogen) atoms. The zero-order chi connectivity index (χ0) is 9.72. The van der Waals surface area contributed by atoms with E-state index in [1.54, 1.807) is 13.8 Å². The van der Waals surface area contributed by atoms with Crippen LogP contribution in [0.25, 0.3) is 0 Å². The molecule has 0 saturated heterocycles. The maximum atomic E-state index is 11.5. The predicted octanol–water partition coefficient (Wildman–Crippen LogP) is 2.35. The SMILES string of the molecule is C=C=C(C)C(=O)C(CC)C(C)=N. The van der Waals surface area contributed by atoms with E-state index in [9.17, 15) is 4.79 Å². The van der Waals surface area contributed by atoms with Gasteiger partial charge in [0.1, 0.15) is 0 Å². The first-order chi connectivity index (χ1) is 5.54. The van der Waals surface area contributed by atoms with Crippen LogP contribution in [0.1, 0.15) is 27.2 Å². The van der Waals surface area contributed by atoms with E-state index >= 15 is 0 Å². The van der Waals surface area contributed by atoms with E-state index in [1.165, 1.54) is 0 Å². The third-order valence-corrected chi connectivity index (χ3v) is 1.88. The quantitative estimate of drug-likeness (QED) is 0.388. The molecule has 1 unspecified atom stereocenters. The Bertz CT molecular complexity index is 247. The van der Waals surface area contributed by atoms with Gasteiger partial charge in [-0.05, 0) is 20.3 Å². The van der Waals surface area contributed by atoms with Gasteiger partial charge in [0.05, 0.1) is 5.92 Å². The average Bonchev–Trinajstić information content (AvgIpc) is 2.03. The molecule has 0 radical (unpaired) electrons. The lowest BCUT2D eigenvalue weighted by Gasteiger charge is -2.10. The summed E-state index contributed by atoms with van der Waals surface area (Å²) in [7, 11) is 0. The summed E-state index contributed by atoms with van der Waals surface area (Å²) in [5.74, 6) is -0.306. The van der Waals surface area contributed by atoms with Gasteiger partial charge < -0.3 is 5.41 Å². The van der Waals surface area contributed by atoms with Crippen LogP contribution < -0.4 is 0 Å².